The maximum Gasteiger partial charge on any atom is 0.337 e. The summed E-state index contributed by atoms with van der Waals surface area (Å²) in [6.45, 7) is 3.29. The van der Waals surface area contributed by atoms with Crippen LogP contribution in [-0.2, 0) is 19.6 Å². The van der Waals surface area contributed by atoms with Crippen molar-refractivity contribution in [3.8, 4) is 0 Å². The van der Waals surface area contributed by atoms with Crippen LogP contribution in [-0.4, -0.2) is 38.0 Å². The van der Waals surface area contributed by atoms with Gasteiger partial charge in [0.15, 0.2) is 6.10 Å². The van der Waals surface area contributed by atoms with E-state index in [9.17, 15) is 18.3 Å². The van der Waals surface area contributed by atoms with E-state index in [4.69, 9.17) is 4.74 Å². The van der Waals surface area contributed by atoms with Crippen LogP contribution in [0.1, 0.15) is 25.5 Å². The number of aliphatic hydroxyl groups is 1. The van der Waals surface area contributed by atoms with Gasteiger partial charge >= 0.3 is 5.97 Å². The second-order valence-electron chi connectivity index (χ2n) is 4.71. The van der Waals surface area contributed by atoms with Gasteiger partial charge in [0.1, 0.15) is 0 Å². The summed E-state index contributed by atoms with van der Waals surface area (Å²) in [4.78, 5) is 11.7. The van der Waals surface area contributed by atoms with Crippen molar-refractivity contribution >= 4 is 16.0 Å². The Balaban J connectivity index is 3.02. The van der Waals surface area contributed by atoms with E-state index in [1.807, 2.05) is 0 Å². The summed E-state index contributed by atoms with van der Waals surface area (Å²) in [6, 6.07) is 7.28. The minimum absolute atomic E-state index is 0.396. The summed E-state index contributed by atoms with van der Waals surface area (Å²) in [5, 5.41) is 10.0. The molecule has 6 nitrogen and oxygen atoms in total. The van der Waals surface area contributed by atoms with Crippen LogP contribution < -0.4 is 4.72 Å². The number of esters is 1. The van der Waals surface area contributed by atoms with Gasteiger partial charge in [-0.1, -0.05) is 30.3 Å². The Hall–Kier alpha value is -1.44. The molecule has 0 aliphatic heterocycles. The van der Waals surface area contributed by atoms with Gasteiger partial charge in [0.25, 0.3) is 0 Å². The molecule has 0 saturated carbocycles. The quantitative estimate of drug-likeness (QED) is 0.750. The third kappa shape index (κ3) is 5.28. The highest BCUT2D eigenvalue weighted by Crippen LogP contribution is 2.19. The van der Waals surface area contributed by atoms with E-state index in [1.54, 1.807) is 44.2 Å². The minimum Gasteiger partial charge on any atom is -0.461 e. The van der Waals surface area contributed by atoms with Gasteiger partial charge in [0.05, 0.1) is 18.4 Å². The van der Waals surface area contributed by atoms with Crippen LogP contribution in [0.3, 0.4) is 0 Å². The Bertz CT molecular complexity index is 541. The van der Waals surface area contributed by atoms with E-state index in [0.29, 0.717) is 5.56 Å². The maximum atomic E-state index is 11.7. The molecule has 0 radical (unpaired) electrons. The van der Waals surface area contributed by atoms with Crippen LogP contribution in [0.15, 0.2) is 30.3 Å². The molecule has 2 atom stereocenters. The molecule has 2 N–H and O–H groups in total. The van der Waals surface area contributed by atoms with Crippen molar-refractivity contribution in [2.24, 2.45) is 0 Å². The molecule has 1 rings (SSSR count). The van der Waals surface area contributed by atoms with Gasteiger partial charge in [-0.15, -0.1) is 0 Å². The van der Waals surface area contributed by atoms with Crippen LogP contribution in [0.5, 0.6) is 0 Å². The molecule has 7 heteroatoms. The lowest BCUT2D eigenvalue weighted by molar-refractivity contribution is -0.158. The molecule has 1 aromatic rings. The van der Waals surface area contributed by atoms with Gasteiger partial charge in [-0.2, -0.15) is 0 Å². The summed E-state index contributed by atoms with van der Waals surface area (Å²) in [5.41, 5.74) is 0.478. The van der Waals surface area contributed by atoms with Gasteiger partial charge < -0.3 is 9.84 Å². The zero-order valence-corrected chi connectivity index (χ0v) is 12.4. The molecule has 0 spiro atoms. The largest absolute Gasteiger partial charge is 0.461 e. The first-order valence-electron chi connectivity index (χ1n) is 6.11. The van der Waals surface area contributed by atoms with Crippen LogP contribution in [0.25, 0.3) is 0 Å². The second kappa shape index (κ2) is 6.83. The Morgan fingerprint density at radius 3 is 2.25 bits per heavy atom. The summed E-state index contributed by atoms with van der Waals surface area (Å²) in [6.07, 6.45) is -1.05. The molecule has 0 amide bonds. The average molecular weight is 301 g/mol. The van der Waals surface area contributed by atoms with E-state index in [2.05, 4.69) is 4.72 Å². The fraction of sp³-hybridized carbons (Fsp3) is 0.462. The first-order chi connectivity index (χ1) is 9.20. The molecule has 112 valence electrons. The highest BCUT2D eigenvalue weighted by molar-refractivity contribution is 7.88. The number of nitrogens with one attached hydrogen (secondary N) is 1. The second-order valence-corrected chi connectivity index (χ2v) is 6.49. The number of benzene rings is 1. The van der Waals surface area contributed by atoms with Crippen molar-refractivity contribution in [1.82, 2.24) is 4.72 Å². The summed E-state index contributed by atoms with van der Waals surface area (Å²) < 4.78 is 29.9. The van der Waals surface area contributed by atoms with Crippen molar-refractivity contribution in [1.29, 1.82) is 0 Å². The summed E-state index contributed by atoms with van der Waals surface area (Å²) >= 11 is 0. The Kier molecular flexibility index (Phi) is 5.67. The van der Waals surface area contributed by atoms with Crippen LogP contribution in [0.2, 0.25) is 0 Å². The van der Waals surface area contributed by atoms with E-state index >= 15 is 0 Å². The number of aliphatic hydroxyl groups excluding tert-OH is 1. The van der Waals surface area contributed by atoms with Gasteiger partial charge in [-0.05, 0) is 19.4 Å². The SMILES string of the molecule is CC(C)OC(=O)[C@@H](O)[C@H](NS(C)(=O)=O)c1ccccc1. The third-order valence-corrected chi connectivity index (χ3v) is 3.09. The van der Waals surface area contributed by atoms with Crippen LogP contribution >= 0.6 is 0 Å². The smallest absolute Gasteiger partial charge is 0.337 e. The van der Waals surface area contributed by atoms with E-state index in [0.717, 1.165) is 6.26 Å². The van der Waals surface area contributed by atoms with E-state index in [-0.39, 0.29) is 0 Å². The number of ether oxygens (including phenoxy) is 1. The topological polar surface area (TPSA) is 92.7 Å². The molecule has 0 heterocycles. The highest BCUT2D eigenvalue weighted by Gasteiger charge is 2.31. The zero-order valence-electron chi connectivity index (χ0n) is 11.6. The number of carbonyl (C=O) groups excluding carboxylic acids is 1. The maximum absolute atomic E-state index is 11.7. The number of sulfonamides is 1. The monoisotopic (exact) mass is 301 g/mol. The molecule has 0 aromatic heterocycles. The van der Waals surface area contributed by atoms with Crippen LogP contribution in [0, 0.1) is 0 Å². The molecule has 0 saturated heterocycles. The lowest BCUT2D eigenvalue weighted by atomic mass is 10.0. The standard InChI is InChI=1S/C13H19NO5S/c1-9(2)19-13(16)12(15)11(14-20(3,17)18)10-7-5-4-6-8-10/h4-9,11-12,14-15H,1-3H3/t11-,12+/m1/s1. The van der Waals surface area contributed by atoms with Crippen molar-refractivity contribution in [2.75, 3.05) is 6.26 Å². The summed E-state index contributed by atoms with van der Waals surface area (Å²) in [7, 11) is -3.60. The fourth-order valence-corrected chi connectivity index (χ4v) is 2.37. The summed E-state index contributed by atoms with van der Waals surface area (Å²) in [5.74, 6) is -0.870. The molecule has 1 aromatic carbocycles. The lowest BCUT2D eigenvalue weighted by Gasteiger charge is -2.23. The van der Waals surface area contributed by atoms with Gasteiger partial charge in [-0.25, -0.2) is 17.9 Å². The molecule has 0 aliphatic rings. The fourth-order valence-electron chi connectivity index (χ4n) is 1.64. The third-order valence-electron chi connectivity index (χ3n) is 2.41. The van der Waals surface area contributed by atoms with Crippen LogP contribution in [0.4, 0.5) is 0 Å². The van der Waals surface area contributed by atoms with Crippen molar-refractivity contribution in [3.63, 3.8) is 0 Å². The Labute approximate surface area is 118 Å². The number of hydrogen-bond donors (Lipinski definition) is 2. The molecule has 0 fully saturated rings. The minimum atomic E-state index is -3.60. The van der Waals surface area contributed by atoms with Crippen molar-refractivity contribution in [3.05, 3.63) is 35.9 Å². The molecular formula is C13H19NO5S. The van der Waals surface area contributed by atoms with E-state index < -0.39 is 34.2 Å². The predicted octanol–water partition coefficient (Wildman–Crippen LogP) is 0.589. The van der Waals surface area contributed by atoms with E-state index in [1.165, 1.54) is 0 Å². The highest BCUT2D eigenvalue weighted by atomic mass is 32.2. The zero-order chi connectivity index (χ0) is 15.3. The Morgan fingerprint density at radius 1 is 1.25 bits per heavy atom. The number of rotatable bonds is 6. The van der Waals surface area contributed by atoms with Crippen molar-refractivity contribution in [2.45, 2.75) is 32.1 Å². The molecule has 20 heavy (non-hydrogen) atoms. The first kappa shape index (κ1) is 16.6. The molecule has 0 aliphatic carbocycles. The number of carbonyl (C=O) groups is 1. The van der Waals surface area contributed by atoms with Gasteiger partial charge in [-0.3, -0.25) is 0 Å². The average Bonchev–Trinajstić information content (AvgIpc) is 2.34. The lowest BCUT2D eigenvalue weighted by Crippen LogP contribution is -2.41. The number of hydrogen-bond acceptors (Lipinski definition) is 5. The van der Waals surface area contributed by atoms with Gasteiger partial charge in [0.2, 0.25) is 10.0 Å². The Morgan fingerprint density at radius 2 is 1.80 bits per heavy atom. The molecular weight excluding hydrogens is 282 g/mol. The van der Waals surface area contributed by atoms with Gasteiger partial charge in [0, 0.05) is 0 Å². The predicted molar refractivity (Wildman–Crippen MR) is 74.4 cm³/mol. The molecule has 0 bridgehead atoms. The van der Waals surface area contributed by atoms with Crippen molar-refractivity contribution < 1.29 is 23.1 Å². The normalized spacial score (nSPS) is 14.8. The first-order valence-corrected chi connectivity index (χ1v) is 8.00. The molecule has 0 unspecified atom stereocenters.